The molecule has 3 rings (SSSR count). The summed E-state index contributed by atoms with van der Waals surface area (Å²) < 4.78 is 0. The van der Waals surface area contributed by atoms with Crippen molar-refractivity contribution in [1.82, 2.24) is 15.0 Å². The van der Waals surface area contributed by atoms with Crippen molar-refractivity contribution in [2.45, 2.75) is 27.2 Å². The number of nitrogens with one attached hydrogen (secondary N) is 2. The van der Waals surface area contributed by atoms with E-state index in [-0.39, 0.29) is 17.3 Å². The zero-order chi connectivity index (χ0) is 19.4. The molecule has 0 radical (unpaired) electrons. The molecule has 0 unspecified atom stereocenters. The second kappa shape index (κ2) is 7.94. The highest BCUT2D eigenvalue weighted by molar-refractivity contribution is 5.94. The Kier molecular flexibility index (Phi) is 5.44. The quantitative estimate of drug-likeness (QED) is 0.470. The molecule has 0 saturated heterocycles. The highest BCUT2D eigenvalue weighted by Gasteiger charge is 2.23. The zero-order valence-corrected chi connectivity index (χ0v) is 15.6. The lowest BCUT2D eigenvalue weighted by Crippen LogP contribution is -2.10. The lowest BCUT2D eigenvalue weighted by molar-refractivity contribution is -0.383. The summed E-state index contributed by atoms with van der Waals surface area (Å²) in [6.07, 6.45) is 2.21. The van der Waals surface area contributed by atoms with E-state index < -0.39 is 4.92 Å². The van der Waals surface area contributed by atoms with E-state index in [2.05, 4.69) is 39.4 Å². The van der Waals surface area contributed by atoms with Crippen molar-refractivity contribution in [1.29, 1.82) is 0 Å². The summed E-state index contributed by atoms with van der Waals surface area (Å²) in [6, 6.07) is 9.44. The molecule has 0 atom stereocenters. The Bertz CT molecular complexity index is 974. The molecular formula is C19H22N6O2. The van der Waals surface area contributed by atoms with E-state index in [1.807, 2.05) is 37.3 Å². The smallest absolute Gasteiger partial charge is 0.353 e. The lowest BCUT2D eigenvalue weighted by atomic mass is 10.1. The average Bonchev–Trinajstić information content (AvgIpc) is 2.61. The Balaban J connectivity index is 1.96. The van der Waals surface area contributed by atoms with Crippen molar-refractivity contribution in [2.75, 3.05) is 17.2 Å². The van der Waals surface area contributed by atoms with Crippen molar-refractivity contribution in [3.8, 4) is 0 Å². The van der Waals surface area contributed by atoms with Crippen LogP contribution in [0.15, 0.2) is 36.7 Å². The van der Waals surface area contributed by atoms with Crippen LogP contribution < -0.4 is 10.6 Å². The van der Waals surface area contributed by atoms with Gasteiger partial charge < -0.3 is 10.6 Å². The van der Waals surface area contributed by atoms with Gasteiger partial charge in [-0.3, -0.25) is 15.1 Å². The largest absolute Gasteiger partial charge is 0.364 e. The van der Waals surface area contributed by atoms with Crippen molar-refractivity contribution in [3.63, 3.8) is 0 Å². The first-order valence-electron chi connectivity index (χ1n) is 8.82. The molecule has 1 aromatic carbocycles. The fourth-order valence-electron chi connectivity index (χ4n) is 2.75. The number of fused-ring (bicyclic) bond motifs is 1. The van der Waals surface area contributed by atoms with Gasteiger partial charge in [0.2, 0.25) is 11.6 Å². The van der Waals surface area contributed by atoms with Crippen molar-refractivity contribution < 1.29 is 4.92 Å². The fourth-order valence-corrected chi connectivity index (χ4v) is 2.75. The second-order valence-corrected chi connectivity index (χ2v) is 6.74. The number of aryl methyl sites for hydroxylation is 1. The third kappa shape index (κ3) is 4.28. The van der Waals surface area contributed by atoms with Gasteiger partial charge in [-0.15, -0.1) is 0 Å². The van der Waals surface area contributed by atoms with Crippen molar-refractivity contribution >= 4 is 33.9 Å². The van der Waals surface area contributed by atoms with Crippen molar-refractivity contribution in [2.24, 2.45) is 5.92 Å². The lowest BCUT2D eigenvalue weighted by Gasteiger charge is -2.12. The van der Waals surface area contributed by atoms with E-state index in [1.165, 1.54) is 6.33 Å². The third-order valence-corrected chi connectivity index (χ3v) is 4.14. The van der Waals surface area contributed by atoms with Crippen LogP contribution in [-0.4, -0.2) is 26.4 Å². The molecule has 0 bridgehead atoms. The molecule has 0 aliphatic heterocycles. The Morgan fingerprint density at radius 2 is 1.93 bits per heavy atom. The minimum absolute atomic E-state index is 0.148. The van der Waals surface area contributed by atoms with Crippen LogP contribution in [0.1, 0.15) is 26.0 Å². The van der Waals surface area contributed by atoms with E-state index in [4.69, 9.17) is 0 Å². The molecule has 0 amide bonds. The van der Waals surface area contributed by atoms with Gasteiger partial charge in [-0.05, 0) is 43.5 Å². The van der Waals surface area contributed by atoms with Crippen LogP contribution in [0.3, 0.4) is 0 Å². The van der Waals surface area contributed by atoms with E-state index in [1.54, 1.807) is 0 Å². The molecule has 0 spiro atoms. The van der Waals surface area contributed by atoms with E-state index in [0.717, 1.165) is 23.0 Å². The topological polar surface area (TPSA) is 106 Å². The SMILES string of the molecule is Cc1ccc2c(Nc3ncnc(NCCC(C)C)c3[N+](=O)[O-])cccc2n1. The molecule has 0 aliphatic carbocycles. The molecule has 8 heteroatoms. The van der Waals surface area contributed by atoms with Crippen LogP contribution >= 0.6 is 0 Å². The summed E-state index contributed by atoms with van der Waals surface area (Å²) >= 11 is 0. The predicted octanol–water partition coefficient (Wildman–Crippen LogP) is 4.44. The van der Waals surface area contributed by atoms with Gasteiger partial charge >= 0.3 is 5.69 Å². The Hall–Kier alpha value is -3.29. The number of anilines is 3. The van der Waals surface area contributed by atoms with Gasteiger partial charge in [0.25, 0.3) is 0 Å². The number of nitrogens with zero attached hydrogens (tertiary/aromatic N) is 4. The number of hydrogen-bond acceptors (Lipinski definition) is 7. The van der Waals surface area contributed by atoms with E-state index in [0.29, 0.717) is 18.2 Å². The summed E-state index contributed by atoms with van der Waals surface area (Å²) in [6.45, 7) is 6.72. The van der Waals surface area contributed by atoms with Gasteiger partial charge in [-0.25, -0.2) is 9.97 Å². The minimum Gasteiger partial charge on any atom is -0.364 e. The van der Waals surface area contributed by atoms with Gasteiger partial charge in [0.15, 0.2) is 0 Å². The molecule has 0 saturated carbocycles. The van der Waals surface area contributed by atoms with Gasteiger partial charge in [0, 0.05) is 23.3 Å². The van der Waals surface area contributed by atoms with Gasteiger partial charge in [-0.1, -0.05) is 19.9 Å². The maximum absolute atomic E-state index is 11.7. The number of hydrogen-bond donors (Lipinski definition) is 2. The zero-order valence-electron chi connectivity index (χ0n) is 15.6. The highest BCUT2D eigenvalue weighted by Crippen LogP contribution is 2.33. The highest BCUT2D eigenvalue weighted by atomic mass is 16.6. The van der Waals surface area contributed by atoms with Crippen LogP contribution in [-0.2, 0) is 0 Å². The fraction of sp³-hybridized carbons (Fsp3) is 0.316. The van der Waals surface area contributed by atoms with Crippen LogP contribution in [0.2, 0.25) is 0 Å². The maximum atomic E-state index is 11.7. The van der Waals surface area contributed by atoms with E-state index >= 15 is 0 Å². The minimum atomic E-state index is -0.465. The second-order valence-electron chi connectivity index (χ2n) is 6.74. The van der Waals surface area contributed by atoms with E-state index in [9.17, 15) is 10.1 Å². The Labute approximate surface area is 157 Å². The molecule has 2 N–H and O–H groups in total. The van der Waals surface area contributed by atoms with Crippen LogP contribution in [0.5, 0.6) is 0 Å². The number of rotatable bonds is 7. The van der Waals surface area contributed by atoms with Crippen molar-refractivity contribution in [3.05, 3.63) is 52.5 Å². The monoisotopic (exact) mass is 366 g/mol. The third-order valence-electron chi connectivity index (χ3n) is 4.14. The molecule has 2 aromatic heterocycles. The molecular weight excluding hydrogens is 344 g/mol. The molecule has 140 valence electrons. The van der Waals surface area contributed by atoms with Gasteiger partial charge in [-0.2, -0.15) is 0 Å². The van der Waals surface area contributed by atoms with Gasteiger partial charge in [0.1, 0.15) is 6.33 Å². The Morgan fingerprint density at radius 3 is 2.67 bits per heavy atom. The number of aromatic nitrogens is 3. The summed E-state index contributed by atoms with van der Waals surface area (Å²) in [5, 5.41) is 18.7. The van der Waals surface area contributed by atoms with Gasteiger partial charge in [0.05, 0.1) is 10.4 Å². The molecule has 27 heavy (non-hydrogen) atoms. The summed E-state index contributed by atoms with van der Waals surface area (Å²) in [4.78, 5) is 23.9. The first-order chi connectivity index (χ1) is 13.0. The molecule has 2 heterocycles. The summed E-state index contributed by atoms with van der Waals surface area (Å²) in [5.74, 6) is 0.852. The number of pyridine rings is 1. The molecule has 3 aromatic rings. The first-order valence-corrected chi connectivity index (χ1v) is 8.82. The maximum Gasteiger partial charge on any atom is 0.353 e. The summed E-state index contributed by atoms with van der Waals surface area (Å²) in [5.41, 5.74) is 2.25. The Morgan fingerprint density at radius 1 is 1.15 bits per heavy atom. The predicted molar refractivity (Wildman–Crippen MR) is 106 cm³/mol. The van der Waals surface area contributed by atoms with Crippen LogP contribution in [0.25, 0.3) is 10.9 Å². The van der Waals surface area contributed by atoms with Crippen LogP contribution in [0, 0.1) is 23.0 Å². The summed E-state index contributed by atoms with van der Waals surface area (Å²) in [7, 11) is 0. The van der Waals surface area contributed by atoms with Crippen LogP contribution in [0.4, 0.5) is 23.0 Å². The standard InChI is InChI=1S/C19H22N6O2/c1-12(2)9-10-20-18-17(25(26)27)19(22-11-21-18)24-16-6-4-5-15-14(16)8-7-13(3)23-15/h4-8,11-12H,9-10H2,1-3H3,(H2,20,21,22,24). The number of nitro groups is 1. The first kappa shape index (κ1) is 18.5. The number of benzene rings is 1. The molecule has 0 aliphatic rings. The average molecular weight is 366 g/mol. The molecule has 0 fully saturated rings. The molecule has 8 nitrogen and oxygen atoms in total. The normalized spacial score (nSPS) is 11.0.